The van der Waals surface area contributed by atoms with Crippen LogP contribution in [0.5, 0.6) is 0 Å². The first-order chi connectivity index (χ1) is 10.6. The summed E-state index contributed by atoms with van der Waals surface area (Å²) in [4.78, 5) is 41.7. The van der Waals surface area contributed by atoms with Gasteiger partial charge in [-0.15, -0.1) is 0 Å². The van der Waals surface area contributed by atoms with Crippen LogP contribution >= 0.6 is 0 Å². The van der Waals surface area contributed by atoms with Crippen molar-refractivity contribution < 1.29 is 4.79 Å². The van der Waals surface area contributed by atoms with Crippen molar-refractivity contribution in [3.05, 3.63) is 68.6 Å². The first kappa shape index (κ1) is 13.9. The van der Waals surface area contributed by atoms with Crippen LogP contribution in [0.1, 0.15) is 16.1 Å². The maximum Gasteiger partial charge on any atom is 0.326 e. The Labute approximate surface area is 124 Å². The molecule has 2 heterocycles. The van der Waals surface area contributed by atoms with Crippen molar-refractivity contribution in [2.24, 2.45) is 0 Å². The summed E-state index contributed by atoms with van der Waals surface area (Å²) in [5.41, 5.74) is 0.783. The molecule has 0 radical (unpaired) electrons. The lowest BCUT2D eigenvalue weighted by Crippen LogP contribution is -2.31. The third-order valence-corrected chi connectivity index (χ3v) is 3.36. The van der Waals surface area contributed by atoms with Crippen molar-refractivity contribution >= 4 is 16.8 Å². The number of aromatic amines is 3. The van der Waals surface area contributed by atoms with Crippen LogP contribution in [0, 0.1) is 0 Å². The smallest absolute Gasteiger partial charge is 0.326 e. The average molecular weight is 298 g/mol. The molecule has 0 spiro atoms. The number of H-pyrrole nitrogens is 3. The van der Waals surface area contributed by atoms with Gasteiger partial charge in [0.1, 0.15) is 5.69 Å². The first-order valence-corrected chi connectivity index (χ1v) is 6.80. The minimum Gasteiger partial charge on any atom is -0.361 e. The number of carbonyl (C=O) groups excluding carboxylic acids is 1. The molecular formula is C15H14N4O3. The molecule has 1 aromatic carbocycles. The van der Waals surface area contributed by atoms with Crippen LogP contribution in [0.4, 0.5) is 0 Å². The van der Waals surface area contributed by atoms with Crippen LogP contribution in [0.15, 0.2) is 46.1 Å². The minimum absolute atomic E-state index is 0.0484. The highest BCUT2D eigenvalue weighted by Crippen LogP contribution is 2.17. The van der Waals surface area contributed by atoms with Crippen molar-refractivity contribution in [3.8, 4) is 0 Å². The summed E-state index contributed by atoms with van der Waals surface area (Å²) in [6, 6.07) is 8.96. The number of fused-ring (bicyclic) bond motifs is 1. The summed E-state index contributed by atoms with van der Waals surface area (Å²) >= 11 is 0. The molecule has 3 rings (SSSR count). The van der Waals surface area contributed by atoms with E-state index in [2.05, 4.69) is 15.3 Å². The molecule has 0 saturated heterocycles. The van der Waals surface area contributed by atoms with Gasteiger partial charge in [-0.2, -0.15) is 0 Å². The number of aromatic nitrogens is 3. The van der Waals surface area contributed by atoms with Gasteiger partial charge in [0.05, 0.1) is 0 Å². The lowest BCUT2D eigenvalue weighted by atomic mass is 10.1. The highest BCUT2D eigenvalue weighted by atomic mass is 16.2. The molecule has 0 bridgehead atoms. The van der Waals surface area contributed by atoms with Gasteiger partial charge >= 0.3 is 5.69 Å². The predicted octanol–water partition coefficient (Wildman–Crippen LogP) is 0.517. The van der Waals surface area contributed by atoms with E-state index in [0.717, 1.165) is 22.5 Å². The van der Waals surface area contributed by atoms with E-state index in [1.54, 1.807) is 0 Å². The molecule has 1 amide bonds. The van der Waals surface area contributed by atoms with E-state index in [1.165, 1.54) is 0 Å². The van der Waals surface area contributed by atoms with E-state index >= 15 is 0 Å². The fourth-order valence-electron chi connectivity index (χ4n) is 2.34. The Bertz CT molecular complexity index is 907. The van der Waals surface area contributed by atoms with Crippen LogP contribution in [-0.2, 0) is 6.42 Å². The molecule has 0 aliphatic rings. The number of para-hydroxylation sites is 1. The van der Waals surface area contributed by atoms with Crippen molar-refractivity contribution in [2.75, 3.05) is 6.54 Å². The topological polar surface area (TPSA) is 111 Å². The number of benzene rings is 1. The van der Waals surface area contributed by atoms with Crippen LogP contribution in [0.3, 0.4) is 0 Å². The maximum atomic E-state index is 11.9. The quantitative estimate of drug-likeness (QED) is 0.563. The number of amides is 1. The second kappa shape index (κ2) is 5.72. The summed E-state index contributed by atoms with van der Waals surface area (Å²) < 4.78 is 0. The Kier molecular flexibility index (Phi) is 3.61. The molecule has 0 aliphatic carbocycles. The van der Waals surface area contributed by atoms with E-state index in [1.807, 2.05) is 35.4 Å². The van der Waals surface area contributed by atoms with E-state index < -0.39 is 17.2 Å². The van der Waals surface area contributed by atoms with Gasteiger partial charge in [-0.1, -0.05) is 18.2 Å². The fraction of sp³-hybridized carbons (Fsp3) is 0.133. The van der Waals surface area contributed by atoms with Crippen molar-refractivity contribution in [1.29, 1.82) is 0 Å². The van der Waals surface area contributed by atoms with Crippen LogP contribution in [-0.4, -0.2) is 27.4 Å². The number of carbonyl (C=O) groups is 1. The Hall–Kier alpha value is -3.09. The number of hydrogen-bond donors (Lipinski definition) is 4. The molecule has 2 aromatic heterocycles. The van der Waals surface area contributed by atoms with Gasteiger partial charge < -0.3 is 15.3 Å². The van der Waals surface area contributed by atoms with Crippen LogP contribution < -0.4 is 16.6 Å². The molecule has 3 aromatic rings. The number of nitrogens with one attached hydrogen (secondary N) is 4. The molecular weight excluding hydrogens is 284 g/mol. The molecule has 0 atom stereocenters. The Morgan fingerprint density at radius 1 is 1.14 bits per heavy atom. The third kappa shape index (κ3) is 2.83. The van der Waals surface area contributed by atoms with E-state index in [0.29, 0.717) is 13.0 Å². The van der Waals surface area contributed by atoms with Crippen molar-refractivity contribution in [1.82, 2.24) is 20.3 Å². The third-order valence-electron chi connectivity index (χ3n) is 3.36. The van der Waals surface area contributed by atoms with Gasteiger partial charge in [0, 0.05) is 29.7 Å². The van der Waals surface area contributed by atoms with Crippen molar-refractivity contribution in [3.63, 3.8) is 0 Å². The number of rotatable bonds is 4. The highest BCUT2D eigenvalue weighted by Gasteiger charge is 2.08. The average Bonchev–Trinajstić information content (AvgIpc) is 2.90. The summed E-state index contributed by atoms with van der Waals surface area (Å²) in [5, 5.41) is 3.79. The van der Waals surface area contributed by atoms with Crippen LogP contribution in [0.2, 0.25) is 0 Å². The molecule has 7 heteroatoms. The summed E-state index contributed by atoms with van der Waals surface area (Å²) in [5.74, 6) is -0.483. The zero-order valence-electron chi connectivity index (χ0n) is 11.6. The molecule has 4 N–H and O–H groups in total. The standard InChI is InChI=1S/C15H14N4O3/c20-13-7-12(18-15(22)19-13)14(21)16-6-5-9-8-17-11-4-2-1-3-10(9)11/h1-4,7-8,17H,5-6H2,(H,16,21)(H2,18,19,20,22). The molecule has 112 valence electrons. The molecule has 7 nitrogen and oxygen atoms in total. The van der Waals surface area contributed by atoms with Gasteiger partial charge in [0.15, 0.2) is 0 Å². The Morgan fingerprint density at radius 3 is 2.77 bits per heavy atom. The highest BCUT2D eigenvalue weighted by molar-refractivity contribution is 5.92. The lowest BCUT2D eigenvalue weighted by molar-refractivity contribution is 0.0948. The van der Waals surface area contributed by atoms with E-state index in [4.69, 9.17) is 0 Å². The molecule has 22 heavy (non-hydrogen) atoms. The lowest BCUT2D eigenvalue weighted by Gasteiger charge is -2.04. The summed E-state index contributed by atoms with van der Waals surface area (Å²) in [7, 11) is 0. The predicted molar refractivity (Wildman–Crippen MR) is 82.0 cm³/mol. The molecule has 0 fully saturated rings. The summed E-state index contributed by atoms with van der Waals surface area (Å²) in [6.45, 7) is 0.398. The summed E-state index contributed by atoms with van der Waals surface area (Å²) in [6.07, 6.45) is 2.55. The normalized spacial score (nSPS) is 10.7. The van der Waals surface area contributed by atoms with Gasteiger partial charge in [0.2, 0.25) is 0 Å². The Morgan fingerprint density at radius 2 is 1.95 bits per heavy atom. The Balaban J connectivity index is 1.66. The zero-order valence-corrected chi connectivity index (χ0v) is 11.6. The fourth-order valence-corrected chi connectivity index (χ4v) is 2.34. The van der Waals surface area contributed by atoms with E-state index in [-0.39, 0.29) is 5.69 Å². The van der Waals surface area contributed by atoms with Crippen LogP contribution in [0.25, 0.3) is 10.9 Å². The SMILES string of the molecule is O=C(NCCc1c[nH]c2ccccc12)c1cc(=O)[nH]c(=O)[nH]1. The van der Waals surface area contributed by atoms with Crippen molar-refractivity contribution in [2.45, 2.75) is 6.42 Å². The van der Waals surface area contributed by atoms with Gasteiger partial charge in [-0.25, -0.2) is 4.79 Å². The molecule has 0 saturated carbocycles. The minimum atomic E-state index is -0.700. The largest absolute Gasteiger partial charge is 0.361 e. The molecule has 0 aliphatic heterocycles. The molecule has 0 unspecified atom stereocenters. The van der Waals surface area contributed by atoms with E-state index in [9.17, 15) is 14.4 Å². The van der Waals surface area contributed by atoms with Gasteiger partial charge in [-0.05, 0) is 18.1 Å². The second-order valence-electron chi connectivity index (χ2n) is 4.87. The van der Waals surface area contributed by atoms with Gasteiger partial charge in [0.25, 0.3) is 11.5 Å². The monoisotopic (exact) mass is 298 g/mol. The van der Waals surface area contributed by atoms with Gasteiger partial charge in [-0.3, -0.25) is 14.6 Å². The number of hydrogen-bond acceptors (Lipinski definition) is 3. The maximum absolute atomic E-state index is 11.9. The second-order valence-corrected chi connectivity index (χ2v) is 4.87. The zero-order chi connectivity index (χ0) is 15.5. The first-order valence-electron chi connectivity index (χ1n) is 6.80.